The summed E-state index contributed by atoms with van der Waals surface area (Å²) in [5.41, 5.74) is 0.701. The molecule has 1 amide bonds. The summed E-state index contributed by atoms with van der Waals surface area (Å²) in [4.78, 5) is 23.2. The third kappa shape index (κ3) is 5.21. The van der Waals surface area contributed by atoms with Crippen LogP contribution in [0.4, 0.5) is 0 Å². The Labute approximate surface area is 137 Å². The molecular formula is C18H24N2O3. The van der Waals surface area contributed by atoms with E-state index in [9.17, 15) is 9.59 Å². The van der Waals surface area contributed by atoms with Gasteiger partial charge >= 0.3 is 5.97 Å². The van der Waals surface area contributed by atoms with Gasteiger partial charge in [-0.3, -0.25) is 9.59 Å². The van der Waals surface area contributed by atoms with Gasteiger partial charge in [-0.2, -0.15) is 0 Å². The van der Waals surface area contributed by atoms with E-state index in [1.54, 1.807) is 24.3 Å². The number of hydrogen-bond acceptors (Lipinski definition) is 4. The Bertz CT molecular complexity index is 583. The fourth-order valence-electron chi connectivity index (χ4n) is 2.91. The normalized spacial score (nSPS) is 21.1. The number of likely N-dealkylation sites (N-methyl/N-ethyl adjacent to an activating group) is 1. The van der Waals surface area contributed by atoms with Gasteiger partial charge in [0.1, 0.15) is 5.75 Å². The van der Waals surface area contributed by atoms with Crippen molar-refractivity contribution in [1.29, 1.82) is 0 Å². The van der Waals surface area contributed by atoms with Gasteiger partial charge in [0.25, 0.3) is 0 Å². The smallest absolute Gasteiger partial charge is 0.308 e. The molecule has 1 aliphatic rings. The number of benzene rings is 1. The van der Waals surface area contributed by atoms with Crippen LogP contribution in [-0.2, 0) is 9.59 Å². The van der Waals surface area contributed by atoms with E-state index in [4.69, 9.17) is 4.74 Å². The third-order valence-electron chi connectivity index (χ3n) is 4.05. The topological polar surface area (TPSA) is 67.4 Å². The molecule has 124 valence electrons. The summed E-state index contributed by atoms with van der Waals surface area (Å²) in [7, 11) is 1.93. The molecule has 0 aliphatic heterocycles. The minimum Gasteiger partial charge on any atom is -0.426 e. The maximum Gasteiger partial charge on any atom is 0.308 e. The summed E-state index contributed by atoms with van der Waals surface area (Å²) in [6.45, 7) is 1.36. The van der Waals surface area contributed by atoms with E-state index < -0.39 is 0 Å². The molecule has 1 unspecified atom stereocenters. The highest BCUT2D eigenvalue weighted by atomic mass is 16.5. The van der Waals surface area contributed by atoms with Gasteiger partial charge in [-0.25, -0.2) is 0 Å². The molecule has 5 nitrogen and oxygen atoms in total. The predicted molar refractivity (Wildman–Crippen MR) is 90.0 cm³/mol. The highest BCUT2D eigenvalue weighted by molar-refractivity contribution is 5.92. The number of para-hydroxylation sites is 1. The van der Waals surface area contributed by atoms with Crippen LogP contribution in [0.1, 0.15) is 38.2 Å². The van der Waals surface area contributed by atoms with Crippen LogP contribution < -0.4 is 15.4 Å². The van der Waals surface area contributed by atoms with Crippen molar-refractivity contribution in [3.8, 4) is 5.75 Å². The van der Waals surface area contributed by atoms with Crippen molar-refractivity contribution >= 4 is 18.0 Å². The van der Waals surface area contributed by atoms with Crippen molar-refractivity contribution in [3.05, 3.63) is 35.9 Å². The van der Waals surface area contributed by atoms with Crippen LogP contribution in [0.25, 0.3) is 6.08 Å². The molecule has 1 aromatic rings. The number of carbonyl (C=O) groups excluding carboxylic acids is 2. The quantitative estimate of drug-likeness (QED) is 0.497. The van der Waals surface area contributed by atoms with E-state index >= 15 is 0 Å². The first-order valence-electron chi connectivity index (χ1n) is 8.03. The lowest BCUT2D eigenvalue weighted by Crippen LogP contribution is -2.50. The van der Waals surface area contributed by atoms with Crippen molar-refractivity contribution < 1.29 is 14.3 Å². The van der Waals surface area contributed by atoms with Gasteiger partial charge in [0.15, 0.2) is 0 Å². The van der Waals surface area contributed by atoms with Crippen LogP contribution in [0, 0.1) is 0 Å². The van der Waals surface area contributed by atoms with Crippen LogP contribution in [0.2, 0.25) is 0 Å². The molecule has 0 aromatic heterocycles. The molecular weight excluding hydrogens is 292 g/mol. The molecule has 0 spiro atoms. The van der Waals surface area contributed by atoms with E-state index in [0.29, 0.717) is 17.4 Å². The number of hydrogen-bond donors (Lipinski definition) is 2. The Morgan fingerprint density at radius 2 is 1.87 bits per heavy atom. The first-order chi connectivity index (χ1) is 11.1. The monoisotopic (exact) mass is 316 g/mol. The van der Waals surface area contributed by atoms with Gasteiger partial charge in [0.2, 0.25) is 5.91 Å². The molecule has 1 saturated carbocycles. The summed E-state index contributed by atoms with van der Waals surface area (Å²) in [6.07, 6.45) is 7.58. The maximum absolute atomic E-state index is 12.1. The van der Waals surface area contributed by atoms with E-state index in [0.717, 1.165) is 19.3 Å². The third-order valence-corrected chi connectivity index (χ3v) is 4.05. The fourth-order valence-corrected chi connectivity index (χ4v) is 2.91. The number of rotatable bonds is 5. The zero-order valence-corrected chi connectivity index (χ0v) is 13.7. The SMILES string of the molecule is CNC1CCCC[C@@H]1NC(=O)C=Cc1ccccc1OC(C)=O. The lowest BCUT2D eigenvalue weighted by molar-refractivity contribution is -0.131. The Morgan fingerprint density at radius 3 is 2.57 bits per heavy atom. The molecule has 23 heavy (non-hydrogen) atoms. The molecule has 0 radical (unpaired) electrons. The van der Waals surface area contributed by atoms with Gasteiger partial charge in [0.05, 0.1) is 0 Å². The van der Waals surface area contributed by atoms with Gasteiger partial charge in [-0.1, -0.05) is 31.0 Å². The minimum absolute atomic E-state index is 0.130. The molecule has 0 bridgehead atoms. The van der Waals surface area contributed by atoms with Crippen molar-refractivity contribution in [2.24, 2.45) is 0 Å². The summed E-state index contributed by atoms with van der Waals surface area (Å²) < 4.78 is 5.13. The largest absolute Gasteiger partial charge is 0.426 e. The lowest BCUT2D eigenvalue weighted by Gasteiger charge is -2.31. The lowest BCUT2D eigenvalue weighted by atomic mass is 9.90. The second-order valence-electron chi connectivity index (χ2n) is 5.76. The van der Waals surface area contributed by atoms with E-state index in [-0.39, 0.29) is 17.9 Å². The molecule has 1 aliphatic carbocycles. The summed E-state index contributed by atoms with van der Waals surface area (Å²) in [5, 5.41) is 6.32. The molecule has 0 heterocycles. The summed E-state index contributed by atoms with van der Waals surface area (Å²) in [5.74, 6) is -0.0565. The number of carbonyl (C=O) groups is 2. The highest BCUT2D eigenvalue weighted by Crippen LogP contribution is 2.20. The molecule has 2 rings (SSSR count). The summed E-state index contributed by atoms with van der Waals surface area (Å²) in [6, 6.07) is 7.62. The number of nitrogens with one attached hydrogen (secondary N) is 2. The first-order valence-corrected chi connectivity index (χ1v) is 8.03. The average Bonchev–Trinajstić information content (AvgIpc) is 2.54. The predicted octanol–water partition coefficient (Wildman–Crippen LogP) is 2.27. The second kappa shape index (κ2) is 8.48. The minimum atomic E-state index is -0.380. The first kappa shape index (κ1) is 17.2. The molecule has 2 atom stereocenters. The Kier molecular flexibility index (Phi) is 6.35. The van der Waals surface area contributed by atoms with Gasteiger partial charge in [-0.15, -0.1) is 0 Å². The van der Waals surface area contributed by atoms with Gasteiger partial charge in [0, 0.05) is 30.6 Å². The maximum atomic E-state index is 12.1. The molecule has 5 heteroatoms. The standard InChI is InChI=1S/C18H24N2O3/c1-13(21)23-17-10-6-3-7-14(17)11-12-18(22)20-16-9-5-4-8-15(16)19-2/h3,6-7,10-12,15-16,19H,4-5,8-9H2,1-2H3,(H,20,22)/t15?,16-/m0/s1. The van der Waals surface area contributed by atoms with Crippen molar-refractivity contribution in [2.75, 3.05) is 7.05 Å². The fraction of sp³-hybridized carbons (Fsp3) is 0.444. The highest BCUT2D eigenvalue weighted by Gasteiger charge is 2.24. The zero-order chi connectivity index (χ0) is 16.7. The van der Waals surface area contributed by atoms with E-state index in [1.165, 1.54) is 19.4 Å². The van der Waals surface area contributed by atoms with Gasteiger partial charge < -0.3 is 15.4 Å². The number of amides is 1. The van der Waals surface area contributed by atoms with E-state index in [1.807, 2.05) is 13.1 Å². The Balaban J connectivity index is 1.99. The zero-order valence-electron chi connectivity index (χ0n) is 13.7. The Morgan fingerprint density at radius 1 is 1.17 bits per heavy atom. The molecule has 0 saturated heterocycles. The van der Waals surface area contributed by atoms with Crippen LogP contribution in [-0.4, -0.2) is 31.0 Å². The van der Waals surface area contributed by atoms with Crippen molar-refractivity contribution in [2.45, 2.75) is 44.7 Å². The van der Waals surface area contributed by atoms with E-state index in [2.05, 4.69) is 10.6 Å². The van der Waals surface area contributed by atoms with Crippen LogP contribution in [0.5, 0.6) is 5.75 Å². The Hall–Kier alpha value is -2.14. The molecule has 2 N–H and O–H groups in total. The molecule has 1 aromatic carbocycles. The average molecular weight is 316 g/mol. The summed E-state index contributed by atoms with van der Waals surface area (Å²) >= 11 is 0. The van der Waals surface area contributed by atoms with Gasteiger partial charge in [-0.05, 0) is 32.0 Å². The van der Waals surface area contributed by atoms with Crippen LogP contribution in [0.15, 0.2) is 30.3 Å². The van der Waals surface area contributed by atoms with Crippen molar-refractivity contribution in [3.63, 3.8) is 0 Å². The number of ether oxygens (including phenoxy) is 1. The van der Waals surface area contributed by atoms with Crippen LogP contribution in [0.3, 0.4) is 0 Å². The van der Waals surface area contributed by atoms with Crippen LogP contribution >= 0.6 is 0 Å². The number of esters is 1. The van der Waals surface area contributed by atoms with Crippen molar-refractivity contribution in [1.82, 2.24) is 10.6 Å². The second-order valence-corrected chi connectivity index (χ2v) is 5.76. The molecule has 1 fully saturated rings.